The van der Waals surface area contributed by atoms with Crippen molar-refractivity contribution in [2.24, 2.45) is 0 Å². The van der Waals surface area contributed by atoms with Crippen LogP contribution in [0.4, 0.5) is 0 Å². The van der Waals surface area contributed by atoms with Gasteiger partial charge in [-0.3, -0.25) is 9.59 Å². The first-order valence-corrected chi connectivity index (χ1v) is 14.4. The fourth-order valence-corrected chi connectivity index (χ4v) is 5.94. The minimum absolute atomic E-state index is 0.0809. The van der Waals surface area contributed by atoms with Crippen molar-refractivity contribution in [1.29, 1.82) is 0 Å². The normalized spacial score (nSPS) is 20.2. The molecule has 2 atom stereocenters. The molecule has 2 heterocycles. The van der Waals surface area contributed by atoms with Crippen molar-refractivity contribution in [1.82, 2.24) is 15.1 Å². The molecule has 2 aromatic rings. The second-order valence-corrected chi connectivity index (χ2v) is 10.7. The fraction of sp³-hybridized carbons (Fsp3) is 0.517. The first-order chi connectivity index (χ1) is 18.0. The Kier molecular flexibility index (Phi) is 9.38. The lowest BCUT2D eigenvalue weighted by atomic mass is 9.79. The van der Waals surface area contributed by atoms with Gasteiger partial charge in [-0.2, -0.15) is 0 Å². The van der Waals surface area contributed by atoms with E-state index < -0.39 is 12.0 Å². The van der Waals surface area contributed by atoms with Crippen LogP contribution in [0.2, 0.25) is 0 Å². The van der Waals surface area contributed by atoms with Gasteiger partial charge in [-0.1, -0.05) is 25.0 Å². The molecule has 7 nitrogen and oxygen atoms in total. The summed E-state index contributed by atoms with van der Waals surface area (Å²) >= 11 is 1.66. The van der Waals surface area contributed by atoms with Gasteiger partial charge in [-0.05, 0) is 80.5 Å². The van der Waals surface area contributed by atoms with E-state index in [4.69, 9.17) is 9.47 Å². The molecule has 1 fully saturated rings. The van der Waals surface area contributed by atoms with Gasteiger partial charge in [0, 0.05) is 24.1 Å². The summed E-state index contributed by atoms with van der Waals surface area (Å²) in [5.41, 5.74) is 2.07. The van der Waals surface area contributed by atoms with E-state index in [0.717, 1.165) is 36.5 Å². The lowest BCUT2D eigenvalue weighted by Gasteiger charge is -2.40. The van der Waals surface area contributed by atoms with Crippen LogP contribution in [-0.4, -0.2) is 75.3 Å². The van der Waals surface area contributed by atoms with Crippen LogP contribution in [-0.2, 0) is 4.79 Å². The Morgan fingerprint density at radius 3 is 2.30 bits per heavy atom. The summed E-state index contributed by atoms with van der Waals surface area (Å²) in [6.45, 7) is 3.88. The molecule has 8 heteroatoms. The third-order valence-corrected chi connectivity index (χ3v) is 8.31. The summed E-state index contributed by atoms with van der Waals surface area (Å²) in [5, 5.41) is 3.19. The standard InChI is InChI=1S/C29H39N3O4S/c1-31-27(20-10-12-21(37-4)13-11-20)26(22-18-24(35-2)25(36-3)19-23(22)29(31)34)28(33)30-14-9-17-32-15-7-5-6-8-16-32/h10-13,18-19,26-27H,5-9,14-17H2,1-4H3,(H,30,33)/t26-,27+/m0/s1. The van der Waals surface area contributed by atoms with E-state index in [1.807, 2.05) is 30.5 Å². The van der Waals surface area contributed by atoms with Crippen molar-refractivity contribution < 1.29 is 19.1 Å². The van der Waals surface area contributed by atoms with Crippen LogP contribution in [0.3, 0.4) is 0 Å². The van der Waals surface area contributed by atoms with Crippen molar-refractivity contribution in [3.05, 3.63) is 53.1 Å². The molecular formula is C29H39N3O4S. The Morgan fingerprint density at radius 1 is 1.03 bits per heavy atom. The van der Waals surface area contributed by atoms with Crippen LogP contribution in [0.5, 0.6) is 11.5 Å². The molecule has 1 N–H and O–H groups in total. The molecule has 0 aromatic heterocycles. The minimum atomic E-state index is -0.573. The number of carbonyl (C=O) groups excluding carboxylic acids is 2. The van der Waals surface area contributed by atoms with Gasteiger partial charge in [0.2, 0.25) is 5.91 Å². The zero-order valence-electron chi connectivity index (χ0n) is 22.4. The van der Waals surface area contributed by atoms with E-state index in [1.54, 1.807) is 50.1 Å². The van der Waals surface area contributed by atoms with E-state index in [1.165, 1.54) is 25.7 Å². The summed E-state index contributed by atoms with van der Waals surface area (Å²) in [6.07, 6.45) is 8.08. The van der Waals surface area contributed by atoms with Gasteiger partial charge in [0.15, 0.2) is 11.5 Å². The number of hydrogen-bond donors (Lipinski definition) is 1. The van der Waals surface area contributed by atoms with Crippen molar-refractivity contribution in [2.75, 3.05) is 53.7 Å². The maximum atomic E-state index is 13.8. The summed E-state index contributed by atoms with van der Waals surface area (Å²) < 4.78 is 11.0. The van der Waals surface area contributed by atoms with E-state index in [-0.39, 0.29) is 11.8 Å². The minimum Gasteiger partial charge on any atom is -0.493 e. The molecule has 0 saturated carbocycles. The summed E-state index contributed by atoms with van der Waals surface area (Å²) in [6, 6.07) is 11.2. The molecule has 0 aliphatic carbocycles. The lowest BCUT2D eigenvalue weighted by molar-refractivity contribution is -0.124. The Morgan fingerprint density at radius 2 is 1.68 bits per heavy atom. The van der Waals surface area contributed by atoms with Crippen molar-refractivity contribution in [2.45, 2.75) is 49.0 Å². The Balaban J connectivity index is 1.62. The molecule has 2 aliphatic rings. The number of likely N-dealkylation sites (tertiary alicyclic amines) is 1. The number of amides is 2. The molecular weight excluding hydrogens is 486 g/mol. The van der Waals surface area contributed by atoms with Crippen LogP contribution in [0.15, 0.2) is 41.3 Å². The number of thioether (sulfide) groups is 1. The van der Waals surface area contributed by atoms with E-state index in [0.29, 0.717) is 29.2 Å². The van der Waals surface area contributed by atoms with E-state index >= 15 is 0 Å². The number of methoxy groups -OCH3 is 2. The van der Waals surface area contributed by atoms with Crippen LogP contribution >= 0.6 is 11.8 Å². The highest BCUT2D eigenvalue weighted by atomic mass is 32.2. The molecule has 2 aromatic carbocycles. The van der Waals surface area contributed by atoms with Gasteiger partial charge >= 0.3 is 0 Å². The molecule has 0 unspecified atom stereocenters. The molecule has 37 heavy (non-hydrogen) atoms. The highest BCUT2D eigenvalue weighted by Crippen LogP contribution is 2.45. The largest absolute Gasteiger partial charge is 0.493 e. The number of fused-ring (bicyclic) bond motifs is 1. The Bertz CT molecular complexity index is 1080. The fourth-order valence-electron chi connectivity index (χ4n) is 5.53. The van der Waals surface area contributed by atoms with Crippen molar-refractivity contribution in [3.8, 4) is 11.5 Å². The third kappa shape index (κ3) is 6.07. The van der Waals surface area contributed by atoms with Crippen LogP contribution in [0.1, 0.15) is 65.5 Å². The topological polar surface area (TPSA) is 71.1 Å². The maximum Gasteiger partial charge on any atom is 0.254 e. The predicted octanol–water partition coefficient (Wildman–Crippen LogP) is 4.72. The number of carbonyl (C=O) groups is 2. The molecule has 0 bridgehead atoms. The lowest BCUT2D eigenvalue weighted by Crippen LogP contribution is -2.46. The smallest absolute Gasteiger partial charge is 0.254 e. The van der Waals surface area contributed by atoms with Crippen LogP contribution < -0.4 is 14.8 Å². The number of nitrogens with one attached hydrogen (secondary N) is 1. The zero-order chi connectivity index (χ0) is 26.4. The second kappa shape index (κ2) is 12.7. The average Bonchev–Trinajstić information content (AvgIpc) is 3.21. The van der Waals surface area contributed by atoms with E-state index in [2.05, 4.69) is 10.2 Å². The molecule has 2 amide bonds. The monoisotopic (exact) mass is 525 g/mol. The average molecular weight is 526 g/mol. The van der Waals surface area contributed by atoms with Gasteiger partial charge in [-0.15, -0.1) is 11.8 Å². The first kappa shape index (κ1) is 27.3. The summed E-state index contributed by atoms with van der Waals surface area (Å²) in [4.78, 5) is 32.7. The summed E-state index contributed by atoms with van der Waals surface area (Å²) in [5.74, 6) is 0.190. The van der Waals surface area contributed by atoms with E-state index in [9.17, 15) is 9.59 Å². The van der Waals surface area contributed by atoms with Gasteiger partial charge in [0.1, 0.15) is 0 Å². The first-order valence-electron chi connectivity index (χ1n) is 13.2. The molecule has 4 rings (SSSR count). The van der Waals surface area contributed by atoms with Gasteiger partial charge in [0.25, 0.3) is 5.91 Å². The number of hydrogen-bond acceptors (Lipinski definition) is 6. The Hall–Kier alpha value is -2.71. The molecule has 1 saturated heterocycles. The van der Waals surface area contributed by atoms with Gasteiger partial charge in [0.05, 0.1) is 26.2 Å². The highest BCUT2D eigenvalue weighted by molar-refractivity contribution is 7.98. The number of benzene rings is 2. The third-order valence-electron chi connectivity index (χ3n) is 7.56. The van der Waals surface area contributed by atoms with Crippen LogP contribution in [0, 0.1) is 0 Å². The van der Waals surface area contributed by atoms with Crippen molar-refractivity contribution in [3.63, 3.8) is 0 Å². The number of ether oxygens (including phenoxy) is 2. The molecule has 2 aliphatic heterocycles. The van der Waals surface area contributed by atoms with Crippen LogP contribution in [0.25, 0.3) is 0 Å². The number of likely N-dealkylation sites (N-methyl/N-ethyl adjacent to an activating group) is 1. The molecule has 0 spiro atoms. The highest BCUT2D eigenvalue weighted by Gasteiger charge is 2.43. The van der Waals surface area contributed by atoms with Crippen molar-refractivity contribution >= 4 is 23.6 Å². The second-order valence-electron chi connectivity index (χ2n) is 9.81. The van der Waals surface area contributed by atoms with Gasteiger partial charge < -0.3 is 24.6 Å². The number of rotatable bonds is 9. The SMILES string of the molecule is COc1cc2c(cc1OC)[C@H](C(=O)NCCCN1CCCCCC1)[C@@H](c1ccc(SC)cc1)N(C)C2=O. The number of nitrogens with zero attached hydrogens (tertiary/aromatic N) is 2. The Labute approximate surface area is 224 Å². The maximum absolute atomic E-state index is 13.8. The molecule has 200 valence electrons. The van der Waals surface area contributed by atoms with Gasteiger partial charge in [-0.25, -0.2) is 0 Å². The zero-order valence-corrected chi connectivity index (χ0v) is 23.2. The quantitative estimate of drug-likeness (QED) is 0.377. The molecule has 0 radical (unpaired) electrons. The predicted molar refractivity (Wildman–Crippen MR) is 148 cm³/mol. The summed E-state index contributed by atoms with van der Waals surface area (Å²) in [7, 11) is 4.89.